The fraction of sp³-hybridized carbons (Fsp3) is 0.571. The third-order valence-corrected chi connectivity index (χ3v) is 3.55. The van der Waals surface area contributed by atoms with Crippen molar-refractivity contribution in [1.29, 1.82) is 0 Å². The van der Waals surface area contributed by atoms with Crippen molar-refractivity contribution in [3.63, 3.8) is 0 Å². The van der Waals surface area contributed by atoms with Crippen molar-refractivity contribution in [2.24, 2.45) is 5.92 Å². The first kappa shape index (κ1) is 13.3. The van der Waals surface area contributed by atoms with Crippen LogP contribution in [0, 0.1) is 11.7 Å². The van der Waals surface area contributed by atoms with Crippen molar-refractivity contribution < 1.29 is 14.2 Å². The summed E-state index contributed by atoms with van der Waals surface area (Å²) in [6.45, 7) is 2.16. The molecule has 1 saturated heterocycles. The fourth-order valence-corrected chi connectivity index (χ4v) is 2.29. The molecular weight excluding hydrogens is 233 g/mol. The number of aliphatic hydroxyl groups is 1. The number of benzene rings is 1. The van der Waals surface area contributed by atoms with Gasteiger partial charge in [0, 0.05) is 0 Å². The number of para-hydroxylation sites is 1. The number of hydrogen-bond acceptors (Lipinski definition) is 3. The van der Waals surface area contributed by atoms with E-state index in [0.717, 1.165) is 25.9 Å². The van der Waals surface area contributed by atoms with Crippen LogP contribution >= 0.6 is 0 Å². The molecule has 0 saturated carbocycles. The van der Waals surface area contributed by atoms with E-state index in [4.69, 9.17) is 4.74 Å². The maximum absolute atomic E-state index is 13.3. The van der Waals surface area contributed by atoms with Gasteiger partial charge in [0.1, 0.15) is 6.61 Å². The van der Waals surface area contributed by atoms with Gasteiger partial charge < -0.3 is 14.7 Å². The van der Waals surface area contributed by atoms with E-state index in [0.29, 0.717) is 0 Å². The van der Waals surface area contributed by atoms with Gasteiger partial charge in [0.05, 0.1) is 6.10 Å². The zero-order chi connectivity index (χ0) is 13.0. The van der Waals surface area contributed by atoms with Gasteiger partial charge in [0.2, 0.25) is 0 Å². The normalized spacial score (nSPS) is 19.7. The molecular formula is C14H20FNO2. The summed E-state index contributed by atoms with van der Waals surface area (Å²) >= 11 is 0. The van der Waals surface area contributed by atoms with Crippen LogP contribution in [-0.2, 0) is 0 Å². The Balaban J connectivity index is 1.81. The number of likely N-dealkylation sites (tertiary alicyclic amines) is 1. The Morgan fingerprint density at radius 1 is 1.39 bits per heavy atom. The standard InChI is InChI=1S/C14H20FNO2/c1-16-8-6-11(7-9-16)13(17)10-18-14-5-3-2-4-12(14)15/h2-5,11,13,17H,6-10H2,1H3. The molecule has 0 amide bonds. The number of nitrogens with zero attached hydrogens (tertiary/aromatic N) is 1. The molecule has 3 nitrogen and oxygen atoms in total. The molecule has 100 valence electrons. The summed E-state index contributed by atoms with van der Waals surface area (Å²) in [6.07, 6.45) is 1.43. The van der Waals surface area contributed by atoms with Crippen LogP contribution in [0.4, 0.5) is 4.39 Å². The second kappa shape index (κ2) is 6.16. The van der Waals surface area contributed by atoms with Gasteiger partial charge in [-0.3, -0.25) is 0 Å². The molecule has 1 aromatic carbocycles. The maximum Gasteiger partial charge on any atom is 0.165 e. The molecule has 1 aliphatic heterocycles. The van der Waals surface area contributed by atoms with Crippen molar-refractivity contribution in [2.45, 2.75) is 18.9 Å². The topological polar surface area (TPSA) is 32.7 Å². The summed E-state index contributed by atoms with van der Waals surface area (Å²) < 4.78 is 18.7. The Morgan fingerprint density at radius 2 is 2.06 bits per heavy atom. The number of piperidine rings is 1. The molecule has 1 N–H and O–H groups in total. The van der Waals surface area contributed by atoms with Gasteiger partial charge in [-0.2, -0.15) is 0 Å². The fourth-order valence-electron chi connectivity index (χ4n) is 2.29. The number of ether oxygens (including phenoxy) is 1. The van der Waals surface area contributed by atoms with Gasteiger partial charge in [-0.1, -0.05) is 12.1 Å². The number of hydrogen-bond donors (Lipinski definition) is 1. The van der Waals surface area contributed by atoms with Crippen LogP contribution in [0.1, 0.15) is 12.8 Å². The molecule has 0 bridgehead atoms. The molecule has 18 heavy (non-hydrogen) atoms. The minimum Gasteiger partial charge on any atom is -0.488 e. The molecule has 1 heterocycles. The molecule has 1 unspecified atom stereocenters. The minimum atomic E-state index is -0.515. The van der Waals surface area contributed by atoms with E-state index < -0.39 is 6.10 Å². The molecule has 0 aliphatic carbocycles. The maximum atomic E-state index is 13.3. The summed E-state index contributed by atoms with van der Waals surface area (Å²) in [5.74, 6) is 0.0885. The zero-order valence-corrected chi connectivity index (χ0v) is 10.7. The van der Waals surface area contributed by atoms with Crippen LogP contribution in [0.25, 0.3) is 0 Å². The van der Waals surface area contributed by atoms with Crippen LogP contribution in [-0.4, -0.2) is 42.9 Å². The monoisotopic (exact) mass is 253 g/mol. The first-order valence-electron chi connectivity index (χ1n) is 6.41. The summed E-state index contributed by atoms with van der Waals surface area (Å²) in [5.41, 5.74) is 0. The molecule has 4 heteroatoms. The number of halogens is 1. The largest absolute Gasteiger partial charge is 0.488 e. The Kier molecular flexibility index (Phi) is 4.55. The quantitative estimate of drug-likeness (QED) is 0.889. The molecule has 0 aromatic heterocycles. The minimum absolute atomic E-state index is 0.162. The van der Waals surface area contributed by atoms with E-state index in [1.807, 2.05) is 0 Å². The molecule has 0 spiro atoms. The average Bonchev–Trinajstić information content (AvgIpc) is 2.38. The summed E-state index contributed by atoms with van der Waals surface area (Å²) in [6, 6.07) is 6.28. The van der Waals surface area contributed by atoms with Crippen molar-refractivity contribution in [1.82, 2.24) is 4.90 Å². The lowest BCUT2D eigenvalue weighted by molar-refractivity contribution is 0.0288. The smallest absolute Gasteiger partial charge is 0.165 e. The van der Waals surface area contributed by atoms with Crippen molar-refractivity contribution >= 4 is 0 Å². The highest BCUT2D eigenvalue weighted by molar-refractivity contribution is 5.23. The third kappa shape index (κ3) is 3.43. The Morgan fingerprint density at radius 3 is 2.72 bits per heavy atom. The summed E-state index contributed by atoms with van der Waals surface area (Å²) in [5, 5.41) is 10.0. The van der Waals surface area contributed by atoms with Crippen LogP contribution in [0.2, 0.25) is 0 Å². The molecule has 1 fully saturated rings. The Bertz CT molecular complexity index is 378. The second-order valence-corrected chi connectivity index (χ2v) is 4.95. The van der Waals surface area contributed by atoms with Gasteiger partial charge >= 0.3 is 0 Å². The second-order valence-electron chi connectivity index (χ2n) is 4.95. The lowest BCUT2D eigenvalue weighted by atomic mass is 9.92. The van der Waals surface area contributed by atoms with E-state index in [1.54, 1.807) is 18.2 Å². The number of rotatable bonds is 4. The first-order chi connectivity index (χ1) is 8.66. The number of aliphatic hydroxyl groups excluding tert-OH is 1. The third-order valence-electron chi connectivity index (χ3n) is 3.55. The van der Waals surface area contributed by atoms with Gasteiger partial charge in [-0.05, 0) is 51.0 Å². The SMILES string of the molecule is CN1CCC(C(O)COc2ccccc2F)CC1. The van der Waals surface area contributed by atoms with Crippen molar-refractivity contribution in [3.05, 3.63) is 30.1 Å². The van der Waals surface area contributed by atoms with E-state index >= 15 is 0 Å². The summed E-state index contributed by atoms with van der Waals surface area (Å²) in [4.78, 5) is 2.25. The van der Waals surface area contributed by atoms with Crippen LogP contribution in [0.5, 0.6) is 5.75 Å². The first-order valence-corrected chi connectivity index (χ1v) is 6.41. The predicted molar refractivity (Wildman–Crippen MR) is 68.1 cm³/mol. The van der Waals surface area contributed by atoms with E-state index in [1.165, 1.54) is 6.07 Å². The molecule has 1 atom stereocenters. The van der Waals surface area contributed by atoms with Gasteiger partial charge in [0.15, 0.2) is 11.6 Å². The highest BCUT2D eigenvalue weighted by Gasteiger charge is 2.24. The van der Waals surface area contributed by atoms with Crippen LogP contribution in [0.3, 0.4) is 0 Å². The van der Waals surface area contributed by atoms with Gasteiger partial charge in [-0.15, -0.1) is 0 Å². The lowest BCUT2D eigenvalue weighted by Crippen LogP contribution is -2.37. The molecule has 1 aromatic rings. The van der Waals surface area contributed by atoms with Crippen molar-refractivity contribution in [2.75, 3.05) is 26.7 Å². The van der Waals surface area contributed by atoms with E-state index in [2.05, 4.69) is 11.9 Å². The Labute approximate surface area is 107 Å². The average molecular weight is 253 g/mol. The molecule has 0 radical (unpaired) electrons. The van der Waals surface area contributed by atoms with Crippen LogP contribution < -0.4 is 4.74 Å². The molecule has 1 aliphatic rings. The van der Waals surface area contributed by atoms with E-state index in [-0.39, 0.29) is 24.1 Å². The predicted octanol–water partition coefficient (Wildman–Crippen LogP) is 1.91. The molecule has 2 rings (SSSR count). The van der Waals surface area contributed by atoms with E-state index in [9.17, 15) is 9.50 Å². The van der Waals surface area contributed by atoms with Gasteiger partial charge in [-0.25, -0.2) is 4.39 Å². The summed E-state index contributed by atoms with van der Waals surface area (Å²) in [7, 11) is 2.08. The Hall–Kier alpha value is -1.13. The van der Waals surface area contributed by atoms with Crippen molar-refractivity contribution in [3.8, 4) is 5.75 Å². The lowest BCUT2D eigenvalue weighted by Gasteiger charge is -2.31. The highest BCUT2D eigenvalue weighted by Crippen LogP contribution is 2.21. The highest BCUT2D eigenvalue weighted by atomic mass is 19.1. The van der Waals surface area contributed by atoms with Gasteiger partial charge in [0.25, 0.3) is 0 Å². The van der Waals surface area contributed by atoms with Crippen LogP contribution in [0.15, 0.2) is 24.3 Å². The zero-order valence-electron chi connectivity index (χ0n) is 10.7.